The second-order valence-corrected chi connectivity index (χ2v) is 8.18. The molecule has 7 nitrogen and oxygen atoms in total. The molecule has 0 bridgehead atoms. The number of sulfonamides is 1. The predicted octanol–water partition coefficient (Wildman–Crippen LogP) is 1.24. The maximum atomic E-state index is 12.8. The summed E-state index contributed by atoms with van der Waals surface area (Å²) in [6, 6.07) is 6.54. The van der Waals surface area contributed by atoms with Gasteiger partial charge in [-0.05, 0) is 31.2 Å². The minimum absolute atomic E-state index is 0.308. The number of imidazole rings is 1. The van der Waals surface area contributed by atoms with Gasteiger partial charge in [0.1, 0.15) is 11.6 Å². The summed E-state index contributed by atoms with van der Waals surface area (Å²) in [5.74, 6) is 1.63. The molecule has 0 saturated carbocycles. The molecular formula is C17H24N4O3S. The summed E-state index contributed by atoms with van der Waals surface area (Å²) in [6.07, 6.45) is 2.02. The van der Waals surface area contributed by atoms with Crippen LogP contribution < -0.4 is 4.74 Å². The highest BCUT2D eigenvalue weighted by Gasteiger charge is 2.28. The van der Waals surface area contributed by atoms with Crippen LogP contribution in [-0.2, 0) is 23.6 Å². The molecule has 8 heteroatoms. The zero-order chi connectivity index (χ0) is 18.0. The van der Waals surface area contributed by atoms with Crippen LogP contribution in [0.5, 0.6) is 5.75 Å². The lowest BCUT2D eigenvalue weighted by Gasteiger charge is -2.33. The number of aromatic nitrogens is 2. The first kappa shape index (κ1) is 17.9. The SMILES string of the molecule is COc1ccc(S(=O)(=O)N2CCN(Cc3cn(C)c(C)n3)CC2)cc1. The number of aryl methyl sites for hydroxylation is 2. The van der Waals surface area contributed by atoms with E-state index in [4.69, 9.17) is 4.74 Å². The second kappa shape index (κ2) is 7.15. The summed E-state index contributed by atoms with van der Waals surface area (Å²) < 4.78 is 34.1. The van der Waals surface area contributed by atoms with Crippen LogP contribution in [-0.4, -0.2) is 60.5 Å². The number of piperazine rings is 1. The number of hydrogen-bond donors (Lipinski definition) is 0. The van der Waals surface area contributed by atoms with Crippen molar-refractivity contribution < 1.29 is 13.2 Å². The van der Waals surface area contributed by atoms with E-state index >= 15 is 0 Å². The number of methoxy groups -OCH3 is 1. The minimum atomic E-state index is -3.45. The first-order valence-electron chi connectivity index (χ1n) is 8.25. The van der Waals surface area contributed by atoms with E-state index in [1.165, 1.54) is 0 Å². The first-order valence-corrected chi connectivity index (χ1v) is 9.69. The summed E-state index contributed by atoms with van der Waals surface area (Å²) in [6.45, 7) is 5.09. The van der Waals surface area contributed by atoms with Gasteiger partial charge in [0.25, 0.3) is 0 Å². The molecule has 136 valence electrons. The Labute approximate surface area is 148 Å². The van der Waals surface area contributed by atoms with Gasteiger partial charge in [-0.25, -0.2) is 13.4 Å². The number of benzene rings is 1. The van der Waals surface area contributed by atoms with Crippen LogP contribution >= 0.6 is 0 Å². The van der Waals surface area contributed by atoms with Crippen molar-refractivity contribution in [1.82, 2.24) is 18.8 Å². The van der Waals surface area contributed by atoms with E-state index in [1.807, 2.05) is 24.7 Å². The smallest absolute Gasteiger partial charge is 0.243 e. The zero-order valence-electron chi connectivity index (χ0n) is 14.8. The molecule has 1 aliphatic rings. The van der Waals surface area contributed by atoms with Crippen molar-refractivity contribution in [2.45, 2.75) is 18.4 Å². The molecule has 0 unspecified atom stereocenters. The van der Waals surface area contributed by atoms with E-state index < -0.39 is 10.0 Å². The van der Waals surface area contributed by atoms with Gasteiger partial charge in [-0.1, -0.05) is 0 Å². The molecule has 0 spiro atoms. The third kappa shape index (κ3) is 3.86. The number of rotatable bonds is 5. The Morgan fingerprint density at radius 3 is 2.28 bits per heavy atom. The van der Waals surface area contributed by atoms with Gasteiger partial charge in [-0.2, -0.15) is 4.31 Å². The third-order valence-electron chi connectivity index (χ3n) is 4.57. The Hall–Kier alpha value is -1.90. The molecule has 1 aromatic heterocycles. The van der Waals surface area contributed by atoms with Gasteiger partial charge in [-0.15, -0.1) is 0 Å². The fourth-order valence-corrected chi connectivity index (χ4v) is 4.38. The van der Waals surface area contributed by atoms with E-state index in [1.54, 1.807) is 35.7 Å². The maximum absolute atomic E-state index is 12.8. The van der Waals surface area contributed by atoms with Gasteiger partial charge in [0, 0.05) is 46.0 Å². The molecule has 0 amide bonds. The first-order chi connectivity index (χ1) is 11.9. The summed E-state index contributed by atoms with van der Waals surface area (Å²) >= 11 is 0. The van der Waals surface area contributed by atoms with Crippen molar-refractivity contribution in [2.24, 2.45) is 7.05 Å². The second-order valence-electron chi connectivity index (χ2n) is 6.25. The maximum Gasteiger partial charge on any atom is 0.243 e. The Balaban J connectivity index is 1.62. The van der Waals surface area contributed by atoms with Crippen LogP contribution in [0.1, 0.15) is 11.5 Å². The van der Waals surface area contributed by atoms with E-state index in [0.29, 0.717) is 36.8 Å². The summed E-state index contributed by atoms with van der Waals surface area (Å²) in [4.78, 5) is 7.06. The van der Waals surface area contributed by atoms with Crippen molar-refractivity contribution in [1.29, 1.82) is 0 Å². The fraction of sp³-hybridized carbons (Fsp3) is 0.471. The molecule has 2 aromatic rings. The molecule has 0 aliphatic carbocycles. The van der Waals surface area contributed by atoms with Crippen LogP contribution in [0.15, 0.2) is 35.4 Å². The highest BCUT2D eigenvalue weighted by atomic mass is 32.2. The Morgan fingerprint density at radius 2 is 1.76 bits per heavy atom. The molecule has 1 aliphatic heterocycles. The summed E-state index contributed by atoms with van der Waals surface area (Å²) in [5, 5.41) is 0. The Morgan fingerprint density at radius 1 is 1.12 bits per heavy atom. The van der Waals surface area contributed by atoms with Crippen molar-refractivity contribution in [2.75, 3.05) is 33.3 Å². The average molecular weight is 364 g/mol. The van der Waals surface area contributed by atoms with Gasteiger partial charge >= 0.3 is 0 Å². The quantitative estimate of drug-likeness (QED) is 0.799. The van der Waals surface area contributed by atoms with Gasteiger partial charge < -0.3 is 9.30 Å². The Bertz CT molecular complexity index is 803. The lowest BCUT2D eigenvalue weighted by atomic mass is 10.3. The fourth-order valence-electron chi connectivity index (χ4n) is 2.96. The summed E-state index contributed by atoms with van der Waals surface area (Å²) in [7, 11) is 0.0842. The van der Waals surface area contributed by atoms with Crippen LogP contribution in [0.3, 0.4) is 0 Å². The minimum Gasteiger partial charge on any atom is -0.497 e. The van der Waals surface area contributed by atoms with Crippen molar-refractivity contribution in [3.05, 3.63) is 42.0 Å². The van der Waals surface area contributed by atoms with Gasteiger partial charge in [0.2, 0.25) is 10.0 Å². The average Bonchev–Trinajstić information content (AvgIpc) is 2.93. The molecule has 2 heterocycles. The van der Waals surface area contributed by atoms with Crippen LogP contribution in [0, 0.1) is 6.92 Å². The Kier molecular flexibility index (Phi) is 5.12. The lowest BCUT2D eigenvalue weighted by Crippen LogP contribution is -2.48. The molecule has 0 N–H and O–H groups in total. The topological polar surface area (TPSA) is 67.7 Å². The lowest BCUT2D eigenvalue weighted by molar-refractivity contribution is 0.180. The number of hydrogen-bond acceptors (Lipinski definition) is 5. The largest absolute Gasteiger partial charge is 0.497 e. The standard InChI is InChI=1S/C17H24N4O3S/c1-14-18-15(12-19(14)2)13-20-8-10-21(11-9-20)25(22,23)17-6-4-16(24-3)5-7-17/h4-7,12H,8-11,13H2,1-3H3. The van der Waals surface area contributed by atoms with E-state index in [0.717, 1.165) is 18.1 Å². The van der Waals surface area contributed by atoms with Crippen molar-refractivity contribution in [3.63, 3.8) is 0 Å². The third-order valence-corrected chi connectivity index (χ3v) is 6.49. The molecule has 1 aromatic carbocycles. The normalized spacial score (nSPS) is 16.9. The van der Waals surface area contributed by atoms with E-state index in [-0.39, 0.29) is 0 Å². The summed E-state index contributed by atoms with van der Waals surface area (Å²) in [5.41, 5.74) is 1.02. The number of nitrogens with zero attached hydrogens (tertiary/aromatic N) is 4. The molecule has 3 rings (SSSR count). The highest BCUT2D eigenvalue weighted by Crippen LogP contribution is 2.21. The molecular weight excluding hydrogens is 340 g/mol. The van der Waals surface area contributed by atoms with Crippen molar-refractivity contribution in [3.8, 4) is 5.75 Å². The molecule has 0 atom stereocenters. The van der Waals surface area contributed by atoms with Crippen molar-refractivity contribution >= 4 is 10.0 Å². The number of ether oxygens (including phenoxy) is 1. The van der Waals surface area contributed by atoms with Gasteiger partial charge in [0.15, 0.2) is 0 Å². The van der Waals surface area contributed by atoms with E-state index in [2.05, 4.69) is 9.88 Å². The van der Waals surface area contributed by atoms with Crippen LogP contribution in [0.2, 0.25) is 0 Å². The van der Waals surface area contributed by atoms with E-state index in [9.17, 15) is 8.42 Å². The molecule has 1 saturated heterocycles. The van der Waals surface area contributed by atoms with Gasteiger partial charge in [-0.3, -0.25) is 4.90 Å². The van der Waals surface area contributed by atoms with Gasteiger partial charge in [0.05, 0.1) is 17.7 Å². The zero-order valence-corrected chi connectivity index (χ0v) is 15.7. The van der Waals surface area contributed by atoms with Crippen LogP contribution in [0.4, 0.5) is 0 Å². The predicted molar refractivity (Wildman–Crippen MR) is 95.0 cm³/mol. The molecule has 0 radical (unpaired) electrons. The molecule has 25 heavy (non-hydrogen) atoms. The van der Waals surface area contributed by atoms with Crippen LogP contribution in [0.25, 0.3) is 0 Å². The monoisotopic (exact) mass is 364 g/mol. The molecule has 1 fully saturated rings. The highest BCUT2D eigenvalue weighted by molar-refractivity contribution is 7.89.